The van der Waals surface area contributed by atoms with Crippen LogP contribution in [0.1, 0.15) is 45.3 Å². The minimum absolute atomic E-state index is 0.00896. The van der Waals surface area contributed by atoms with E-state index < -0.39 is 72.2 Å². The maximum atomic E-state index is 15.2. The van der Waals surface area contributed by atoms with Gasteiger partial charge in [0.1, 0.15) is 42.0 Å². The van der Waals surface area contributed by atoms with Gasteiger partial charge in [-0.25, -0.2) is 4.68 Å². The van der Waals surface area contributed by atoms with Gasteiger partial charge in [-0.05, 0) is 43.0 Å². The number of benzene rings is 2. The first-order valence-corrected chi connectivity index (χ1v) is 18.1. The summed E-state index contributed by atoms with van der Waals surface area (Å²) in [6.45, 7) is 5.23. The Bertz CT molecular complexity index is 1900. The van der Waals surface area contributed by atoms with Crippen LogP contribution >= 0.6 is 15.9 Å². The number of aliphatic hydroxyl groups is 1. The van der Waals surface area contributed by atoms with Gasteiger partial charge in [0, 0.05) is 17.4 Å². The molecule has 4 aliphatic heterocycles. The monoisotopic (exact) mass is 760 g/mol. The summed E-state index contributed by atoms with van der Waals surface area (Å²) in [6.07, 6.45) is 4.21. The molecule has 0 unspecified atom stereocenters. The maximum Gasteiger partial charge on any atom is 0.313 e. The van der Waals surface area contributed by atoms with E-state index in [2.05, 4.69) is 31.6 Å². The first-order valence-electron chi connectivity index (χ1n) is 17.3. The summed E-state index contributed by atoms with van der Waals surface area (Å²) in [5.74, 6) is -4.29. The molecule has 8 atom stereocenters. The highest BCUT2D eigenvalue weighted by atomic mass is 79.9. The number of carbonyl (C=O) groups excluding carboxylic acids is 4. The van der Waals surface area contributed by atoms with Gasteiger partial charge < -0.3 is 29.7 Å². The lowest BCUT2D eigenvalue weighted by molar-refractivity contribution is -0.162. The predicted molar refractivity (Wildman–Crippen MR) is 188 cm³/mol. The molecule has 5 heterocycles. The SMILES string of the molecule is CC(C)[C@H](CO)N1C(=O)[C@H]2[C@@H]3C(=O)O[C@H](c4ccccc4)[C@@H](C)NC(=O)CC/C=C\CN(Cn4nnc5ccccc54)C(=O)[C@H]1[C@@]21C=C(Br)[C@@H]3O1. The quantitative estimate of drug-likeness (QED) is 0.285. The fraction of sp³-hybridized carbons (Fsp3) is 0.459. The van der Waals surface area contributed by atoms with E-state index in [0.29, 0.717) is 27.5 Å². The molecular formula is C37H41BrN6O7. The number of hydrogen-bond donors (Lipinski definition) is 2. The molecule has 1 aromatic heterocycles. The van der Waals surface area contributed by atoms with Crippen molar-refractivity contribution < 1.29 is 33.8 Å². The summed E-state index contributed by atoms with van der Waals surface area (Å²) in [7, 11) is 0. The molecule has 51 heavy (non-hydrogen) atoms. The minimum Gasteiger partial charge on any atom is -0.455 e. The standard InChI is InChI=1S/C37H41BrN6O7/c1-21(2)27(19-45)44-33-35(48)42(20-43-26-15-10-9-14-25(26)40-41-43)17-11-5-8-16-28(46)39-22(3)31(23-12-6-4-7-13-23)50-36(49)29-30(34(44)47)37(33)18-24(38)32(29)51-37/h4-7,9-15,18,21-22,27,29-33,45H,8,16-17,19-20H2,1-3H3,(H,39,46)/b11-5-/t22-,27+,29+,30-,31+,32+,33+,37-/m1/s1. The average molecular weight is 762 g/mol. The zero-order chi connectivity index (χ0) is 36.0. The number of esters is 1. The molecule has 3 amide bonds. The van der Waals surface area contributed by atoms with Gasteiger partial charge in [-0.3, -0.25) is 19.2 Å². The molecule has 7 rings (SSSR count). The van der Waals surface area contributed by atoms with Crippen LogP contribution in [0.3, 0.4) is 0 Å². The Morgan fingerprint density at radius 3 is 2.51 bits per heavy atom. The number of halogens is 1. The number of aromatic nitrogens is 3. The van der Waals surface area contributed by atoms with Crippen molar-refractivity contribution in [2.24, 2.45) is 17.8 Å². The zero-order valence-electron chi connectivity index (χ0n) is 28.6. The summed E-state index contributed by atoms with van der Waals surface area (Å²) in [6, 6.07) is 13.9. The van der Waals surface area contributed by atoms with Gasteiger partial charge in [0.2, 0.25) is 11.8 Å². The number of para-hydroxylation sites is 1. The molecule has 0 saturated carbocycles. The van der Waals surface area contributed by atoms with Crippen molar-refractivity contribution in [3.05, 3.63) is 82.9 Å². The van der Waals surface area contributed by atoms with E-state index in [0.717, 1.165) is 0 Å². The number of aliphatic hydroxyl groups excluding tert-OH is 1. The van der Waals surface area contributed by atoms with Crippen LogP contribution in [0.25, 0.3) is 11.0 Å². The van der Waals surface area contributed by atoms with Gasteiger partial charge in [-0.2, -0.15) is 0 Å². The second kappa shape index (κ2) is 14.0. The number of amides is 3. The Labute approximate surface area is 303 Å². The number of fused-ring (bicyclic) bond motifs is 3. The number of likely N-dealkylation sites (tertiary alicyclic amines) is 1. The Balaban J connectivity index is 1.35. The van der Waals surface area contributed by atoms with Crippen LogP contribution in [0.5, 0.6) is 0 Å². The van der Waals surface area contributed by atoms with E-state index >= 15 is 4.79 Å². The smallest absolute Gasteiger partial charge is 0.313 e. The number of hydrogen-bond acceptors (Lipinski definition) is 9. The van der Waals surface area contributed by atoms with Crippen LogP contribution in [0.4, 0.5) is 0 Å². The van der Waals surface area contributed by atoms with Gasteiger partial charge in [0.15, 0.2) is 0 Å². The molecule has 5 bridgehead atoms. The van der Waals surface area contributed by atoms with Crippen molar-refractivity contribution in [1.82, 2.24) is 30.1 Å². The number of rotatable bonds is 6. The molecular weight excluding hydrogens is 720 g/mol. The van der Waals surface area contributed by atoms with Crippen molar-refractivity contribution in [3.63, 3.8) is 0 Å². The molecule has 0 aliphatic carbocycles. The number of nitrogens with zero attached hydrogens (tertiary/aromatic N) is 5. The van der Waals surface area contributed by atoms with E-state index in [1.807, 2.05) is 80.6 Å². The van der Waals surface area contributed by atoms with Crippen LogP contribution in [0.2, 0.25) is 0 Å². The third-order valence-electron chi connectivity index (χ3n) is 10.5. The maximum absolute atomic E-state index is 15.2. The summed E-state index contributed by atoms with van der Waals surface area (Å²) >= 11 is 3.60. The zero-order valence-corrected chi connectivity index (χ0v) is 30.2. The van der Waals surface area contributed by atoms with E-state index in [1.54, 1.807) is 22.6 Å². The van der Waals surface area contributed by atoms with Crippen LogP contribution in [-0.4, -0.2) is 96.6 Å². The number of carbonyl (C=O) groups is 4. The van der Waals surface area contributed by atoms with E-state index in [-0.39, 0.29) is 31.5 Å². The molecule has 2 fully saturated rings. The van der Waals surface area contributed by atoms with E-state index in [4.69, 9.17) is 9.47 Å². The first-order chi connectivity index (χ1) is 24.6. The lowest BCUT2D eigenvalue weighted by Crippen LogP contribution is -2.59. The molecule has 2 saturated heterocycles. The van der Waals surface area contributed by atoms with E-state index in [1.165, 1.54) is 4.90 Å². The Morgan fingerprint density at radius 2 is 1.76 bits per heavy atom. The second-order valence-corrected chi connectivity index (χ2v) is 14.9. The third kappa shape index (κ3) is 6.06. The van der Waals surface area contributed by atoms with Crippen LogP contribution < -0.4 is 5.32 Å². The van der Waals surface area contributed by atoms with Crippen LogP contribution in [0.15, 0.2) is 77.3 Å². The Kier molecular flexibility index (Phi) is 9.59. The van der Waals surface area contributed by atoms with E-state index in [9.17, 15) is 19.5 Å². The predicted octanol–water partition coefficient (Wildman–Crippen LogP) is 3.25. The van der Waals surface area contributed by atoms with Gasteiger partial charge in [-0.1, -0.05) is 89.6 Å². The van der Waals surface area contributed by atoms with Crippen molar-refractivity contribution in [1.29, 1.82) is 0 Å². The topological polar surface area (TPSA) is 156 Å². The molecule has 13 nitrogen and oxygen atoms in total. The number of nitrogens with one attached hydrogen (secondary N) is 1. The Morgan fingerprint density at radius 1 is 1.02 bits per heavy atom. The number of ether oxygens (including phenoxy) is 2. The van der Waals surface area contributed by atoms with Crippen LogP contribution in [-0.2, 0) is 35.3 Å². The molecule has 4 aliphatic rings. The summed E-state index contributed by atoms with van der Waals surface area (Å²) in [5, 5.41) is 22.2. The lowest BCUT2D eigenvalue weighted by atomic mass is 9.74. The lowest BCUT2D eigenvalue weighted by Gasteiger charge is -2.39. The van der Waals surface area contributed by atoms with Gasteiger partial charge in [-0.15, -0.1) is 5.10 Å². The largest absolute Gasteiger partial charge is 0.455 e. The van der Waals surface area contributed by atoms with Crippen LogP contribution in [0, 0.1) is 17.8 Å². The van der Waals surface area contributed by atoms with Crippen molar-refractivity contribution in [2.45, 2.75) is 76.2 Å². The fourth-order valence-corrected chi connectivity index (χ4v) is 8.73. The van der Waals surface area contributed by atoms with Gasteiger partial charge in [0.05, 0.1) is 30.1 Å². The molecule has 3 aromatic rings. The first kappa shape index (κ1) is 35.0. The minimum atomic E-state index is -1.54. The summed E-state index contributed by atoms with van der Waals surface area (Å²) in [5.41, 5.74) is 0.508. The van der Waals surface area contributed by atoms with Crippen molar-refractivity contribution in [3.8, 4) is 0 Å². The third-order valence-corrected chi connectivity index (χ3v) is 11.1. The van der Waals surface area contributed by atoms with Gasteiger partial charge in [0.25, 0.3) is 5.91 Å². The number of allylic oxidation sites excluding steroid dienone is 1. The highest BCUT2D eigenvalue weighted by Gasteiger charge is 2.75. The summed E-state index contributed by atoms with van der Waals surface area (Å²) in [4.78, 5) is 60.5. The highest BCUT2D eigenvalue weighted by molar-refractivity contribution is 9.11. The molecule has 0 radical (unpaired) electrons. The molecule has 2 N–H and O–H groups in total. The van der Waals surface area contributed by atoms with Crippen molar-refractivity contribution in [2.75, 3.05) is 13.2 Å². The average Bonchev–Trinajstić information content (AvgIpc) is 3.83. The second-order valence-electron chi connectivity index (χ2n) is 14.0. The molecule has 1 spiro atoms. The Hall–Kier alpha value is -4.40. The molecule has 2 aromatic carbocycles. The highest BCUT2D eigenvalue weighted by Crippen LogP contribution is 2.59. The van der Waals surface area contributed by atoms with Crippen molar-refractivity contribution >= 4 is 50.7 Å². The number of cyclic esters (lactones) is 1. The fourth-order valence-electron chi connectivity index (χ4n) is 8.00. The molecule has 14 heteroatoms. The summed E-state index contributed by atoms with van der Waals surface area (Å²) < 4.78 is 15.1. The molecule has 268 valence electrons. The normalized spacial score (nSPS) is 31.1. The van der Waals surface area contributed by atoms with Gasteiger partial charge >= 0.3 is 5.97 Å².